The molecule has 5 aromatic carbocycles. The fourth-order valence-corrected chi connectivity index (χ4v) is 17.1. The van der Waals surface area contributed by atoms with Crippen molar-refractivity contribution in [2.45, 2.75) is 83.6 Å². The maximum Gasteiger partial charge on any atom is 0.330 e. The summed E-state index contributed by atoms with van der Waals surface area (Å²) in [6.07, 6.45) is -4.11. The zero-order chi connectivity index (χ0) is 47.7. The van der Waals surface area contributed by atoms with Crippen LogP contribution in [-0.4, -0.2) is 80.3 Å². The van der Waals surface area contributed by atoms with E-state index < -0.39 is 93.6 Å². The first-order valence-corrected chi connectivity index (χ1v) is 25.8. The minimum Gasteiger partial charge on any atom is -0.455 e. The highest BCUT2D eigenvalue weighted by Gasteiger charge is 2.68. The molecule has 5 atom stereocenters. The van der Waals surface area contributed by atoms with Gasteiger partial charge in [0.2, 0.25) is 9.04 Å². The number of nitrogens with zero attached hydrogens (tertiary/aromatic N) is 2. The Morgan fingerprint density at radius 2 is 1.19 bits per heavy atom. The molecule has 5 unspecified atom stereocenters. The first kappa shape index (κ1) is 47.2. The van der Waals surface area contributed by atoms with Gasteiger partial charge in [-0.25, -0.2) is 4.79 Å². The van der Waals surface area contributed by atoms with E-state index in [1.54, 1.807) is 24.3 Å². The van der Waals surface area contributed by atoms with E-state index in [0.717, 1.165) is 30.4 Å². The molecule has 6 aromatic rings. The van der Waals surface area contributed by atoms with E-state index in [1.807, 2.05) is 142 Å². The summed E-state index contributed by atoms with van der Waals surface area (Å²) in [5.41, 5.74) is -4.03. The lowest BCUT2D eigenvalue weighted by atomic mass is 9.76. The number of carbonyl (C=O) groups excluding carboxylic acids is 3. The number of fused-ring (bicyclic) bond motifs is 1. The summed E-state index contributed by atoms with van der Waals surface area (Å²) in [6, 6.07) is 47.1. The summed E-state index contributed by atoms with van der Waals surface area (Å²) in [7, 11) is -6.50. The zero-order valence-electron chi connectivity index (χ0n) is 38.6. The molecular weight excluding hydrogens is 883 g/mol. The first-order chi connectivity index (χ1) is 32.0. The van der Waals surface area contributed by atoms with Gasteiger partial charge in [-0.1, -0.05) is 175 Å². The van der Waals surface area contributed by atoms with E-state index in [9.17, 15) is 24.0 Å². The number of amides is 2. The van der Waals surface area contributed by atoms with Crippen LogP contribution in [0.2, 0.25) is 5.04 Å². The van der Waals surface area contributed by atoms with Crippen LogP contribution < -0.4 is 32.0 Å². The highest BCUT2D eigenvalue weighted by molar-refractivity contribution is 6.99. The number of imide groups is 1. The normalized spacial score (nSPS) is 20.2. The van der Waals surface area contributed by atoms with Gasteiger partial charge in [-0.2, -0.15) is 0 Å². The van der Waals surface area contributed by atoms with Crippen LogP contribution >= 0.6 is 0 Å². The van der Waals surface area contributed by atoms with Gasteiger partial charge in [0, 0.05) is 19.2 Å². The Bertz CT molecular complexity index is 2730. The number of benzene rings is 5. The van der Waals surface area contributed by atoms with Crippen LogP contribution in [0.3, 0.4) is 0 Å². The second kappa shape index (κ2) is 18.7. The van der Waals surface area contributed by atoms with Gasteiger partial charge in [0.25, 0.3) is 25.7 Å². The molecule has 1 N–H and O–H groups in total. The number of aromatic amines is 1. The number of nitrogens with one attached hydrogen (secondary N) is 1. The molecule has 0 radical (unpaired) electrons. The molecule has 0 bridgehead atoms. The largest absolute Gasteiger partial charge is 0.455 e. The molecule has 15 heteroatoms. The Morgan fingerprint density at radius 3 is 1.64 bits per heavy atom. The molecule has 0 saturated carbocycles. The van der Waals surface area contributed by atoms with Crippen molar-refractivity contribution in [3.05, 3.63) is 190 Å². The lowest BCUT2D eigenvalue weighted by Crippen LogP contribution is -2.73. The smallest absolute Gasteiger partial charge is 0.330 e. The second-order valence-corrected chi connectivity index (χ2v) is 25.7. The number of aromatic nitrogens is 2. The Morgan fingerprint density at radius 1 is 0.716 bits per heavy atom. The van der Waals surface area contributed by atoms with E-state index in [2.05, 4.69) is 25.8 Å². The molecule has 2 aliphatic heterocycles. The molecule has 67 heavy (non-hydrogen) atoms. The fraction of sp³-hybridized carbons (Fsp3) is 0.288. The van der Waals surface area contributed by atoms with E-state index in [1.165, 1.54) is 19.2 Å². The summed E-state index contributed by atoms with van der Waals surface area (Å²) < 4.78 is 30.8. The molecule has 1 aromatic heterocycles. The summed E-state index contributed by atoms with van der Waals surface area (Å²) in [5.74, 6) is -2.08. The molecule has 0 aliphatic carbocycles. The number of hydrogen-bond acceptors (Lipinski definition) is 10. The fourth-order valence-electron chi connectivity index (χ4n) is 9.64. The highest BCUT2D eigenvalue weighted by Crippen LogP contribution is 2.51. The Hall–Kier alpha value is -6.34. The lowest BCUT2D eigenvalue weighted by Gasteiger charge is -2.51. The molecule has 3 heterocycles. The topological polar surface area (TPSA) is 155 Å². The zero-order valence-corrected chi connectivity index (χ0v) is 40.7. The number of rotatable bonds is 14. The van der Waals surface area contributed by atoms with E-state index in [0.29, 0.717) is 0 Å². The summed E-state index contributed by atoms with van der Waals surface area (Å²) >= 11 is 0. The number of H-pyrrole nitrogens is 1. The lowest BCUT2D eigenvalue weighted by molar-refractivity contribution is -0.232. The van der Waals surface area contributed by atoms with Crippen molar-refractivity contribution in [1.29, 1.82) is 0 Å². The molecule has 2 amide bonds. The van der Waals surface area contributed by atoms with Crippen LogP contribution in [0, 0.1) is 5.41 Å². The minimum atomic E-state index is -3.72. The third-order valence-electron chi connectivity index (χ3n) is 12.4. The van der Waals surface area contributed by atoms with Gasteiger partial charge in [-0.05, 0) is 43.3 Å². The standard InChI is InChI=1S/C52H55N3O10Si2/c1-35(56)62-43-44(65-67(51(5,6)7,38-26-16-10-17-27-38)39-28-18-11-19-29-39)52(63-47(43)54-33-32-42(57)53-49(54)60,34-61-55-45(58)40-30-20-21-31-41(40)46(55)59)48(50(2,3)4)64-66(36-22-12-8-13-23-36)37-24-14-9-15-25-37/h8-33,43-44,47-48,66H,34H2,1-7H3,(H,53,57,60). The number of esters is 1. The molecule has 1 fully saturated rings. The molecule has 1 saturated heterocycles. The quantitative estimate of drug-likeness (QED) is 0.0909. The van der Waals surface area contributed by atoms with Gasteiger partial charge in [-0.15, -0.1) is 5.06 Å². The van der Waals surface area contributed by atoms with E-state index in [-0.39, 0.29) is 11.1 Å². The molecule has 2 aliphatic rings. The Kier molecular flexibility index (Phi) is 13.2. The van der Waals surface area contributed by atoms with Gasteiger partial charge >= 0.3 is 11.7 Å². The average Bonchev–Trinajstić information content (AvgIpc) is 3.73. The van der Waals surface area contributed by atoms with Crippen LogP contribution in [-0.2, 0) is 28.0 Å². The van der Waals surface area contributed by atoms with Crippen molar-refractivity contribution in [1.82, 2.24) is 14.6 Å². The summed E-state index contributed by atoms with van der Waals surface area (Å²) in [6.45, 7) is 12.9. The number of hydroxylamine groups is 2. The van der Waals surface area contributed by atoms with Crippen molar-refractivity contribution < 1.29 is 37.5 Å². The Balaban J connectivity index is 1.45. The highest BCUT2D eigenvalue weighted by atomic mass is 28.4. The van der Waals surface area contributed by atoms with Crippen molar-refractivity contribution in [3.63, 3.8) is 0 Å². The predicted octanol–water partition coefficient (Wildman–Crippen LogP) is 4.88. The van der Waals surface area contributed by atoms with E-state index in [4.69, 9.17) is 23.2 Å². The third kappa shape index (κ3) is 8.98. The summed E-state index contributed by atoms with van der Waals surface area (Å²) in [4.78, 5) is 77.6. The van der Waals surface area contributed by atoms with Gasteiger partial charge in [0.15, 0.2) is 17.9 Å². The Labute approximate surface area is 392 Å². The van der Waals surface area contributed by atoms with Crippen molar-refractivity contribution in [3.8, 4) is 0 Å². The number of ether oxygens (including phenoxy) is 2. The van der Waals surface area contributed by atoms with Crippen molar-refractivity contribution in [2.24, 2.45) is 5.41 Å². The molecule has 8 rings (SSSR count). The van der Waals surface area contributed by atoms with Crippen LogP contribution in [0.4, 0.5) is 0 Å². The average molecular weight is 938 g/mol. The third-order valence-corrected chi connectivity index (χ3v) is 20.0. The van der Waals surface area contributed by atoms with Crippen molar-refractivity contribution in [2.75, 3.05) is 6.61 Å². The van der Waals surface area contributed by atoms with E-state index >= 15 is 0 Å². The summed E-state index contributed by atoms with van der Waals surface area (Å²) in [5, 5.41) is 3.69. The van der Waals surface area contributed by atoms with Crippen LogP contribution in [0.15, 0.2) is 167 Å². The van der Waals surface area contributed by atoms with Crippen LogP contribution in [0.5, 0.6) is 0 Å². The maximum absolute atomic E-state index is 14.2. The van der Waals surface area contributed by atoms with Gasteiger partial charge < -0.3 is 18.3 Å². The van der Waals surface area contributed by atoms with Crippen molar-refractivity contribution >= 4 is 55.9 Å². The molecule has 346 valence electrons. The van der Waals surface area contributed by atoms with Crippen LogP contribution in [0.1, 0.15) is 75.4 Å². The first-order valence-electron chi connectivity index (χ1n) is 22.3. The maximum atomic E-state index is 14.2. The monoisotopic (exact) mass is 937 g/mol. The predicted molar refractivity (Wildman–Crippen MR) is 259 cm³/mol. The molecular formula is C52H55N3O10Si2. The minimum absolute atomic E-state index is 0.161. The van der Waals surface area contributed by atoms with Crippen LogP contribution in [0.25, 0.3) is 0 Å². The van der Waals surface area contributed by atoms with Gasteiger partial charge in [-0.3, -0.25) is 33.6 Å². The number of carbonyl (C=O) groups is 3. The molecule has 13 nitrogen and oxygen atoms in total. The van der Waals surface area contributed by atoms with Gasteiger partial charge in [0.1, 0.15) is 12.7 Å². The second-order valence-electron chi connectivity index (χ2n) is 19.1. The SMILES string of the molecule is CC(=O)OC1C(n2ccc(=O)[nH]c2=O)OC(CON2C(=O)c3ccccc3C2=O)(C(O[SiH](c2ccccc2)c2ccccc2)C(C)(C)C)C1O[Si](c1ccccc1)(c1ccccc1)C(C)(C)C. The number of hydrogen-bond donors (Lipinski definition) is 1. The molecule has 0 spiro atoms. The van der Waals surface area contributed by atoms with Gasteiger partial charge in [0.05, 0.1) is 17.2 Å².